The Labute approximate surface area is 112 Å². The van der Waals surface area contributed by atoms with Gasteiger partial charge in [-0.1, -0.05) is 5.16 Å². The van der Waals surface area contributed by atoms with E-state index in [4.69, 9.17) is 9.63 Å². The molecule has 0 saturated carbocycles. The van der Waals surface area contributed by atoms with Crippen molar-refractivity contribution in [2.24, 2.45) is 0 Å². The quantitative estimate of drug-likeness (QED) is 0.907. The highest BCUT2D eigenvalue weighted by atomic mass is 79.9. The molecule has 1 aromatic heterocycles. The van der Waals surface area contributed by atoms with Gasteiger partial charge in [-0.15, -0.1) is 0 Å². The summed E-state index contributed by atoms with van der Waals surface area (Å²) in [6.07, 6.45) is 0. The molecule has 94 valence electrons. The van der Waals surface area contributed by atoms with Crippen molar-refractivity contribution in [2.75, 3.05) is 5.32 Å². The van der Waals surface area contributed by atoms with Crippen molar-refractivity contribution in [2.45, 2.75) is 13.5 Å². The summed E-state index contributed by atoms with van der Waals surface area (Å²) in [4.78, 5) is 10.8. The average Bonchev–Trinajstić information content (AvgIpc) is 2.73. The standard InChI is InChI=1S/C12H11BrN2O3/c1-7-4-9(15-18-7)6-14-11-3-2-8(12(16)17)5-10(11)13/h2-5,14H,6H2,1H3,(H,16,17). The SMILES string of the molecule is Cc1cc(CNc2ccc(C(=O)O)cc2Br)no1. The summed E-state index contributed by atoms with van der Waals surface area (Å²) in [6.45, 7) is 2.34. The van der Waals surface area contributed by atoms with Crippen LogP contribution in [0.25, 0.3) is 0 Å². The first-order valence-electron chi connectivity index (χ1n) is 5.25. The molecule has 0 fully saturated rings. The average molecular weight is 311 g/mol. The molecule has 0 aliphatic heterocycles. The molecule has 0 unspecified atom stereocenters. The summed E-state index contributed by atoms with van der Waals surface area (Å²) in [5.41, 5.74) is 1.84. The molecule has 0 atom stereocenters. The minimum atomic E-state index is -0.950. The minimum Gasteiger partial charge on any atom is -0.478 e. The Kier molecular flexibility index (Phi) is 3.66. The fourth-order valence-electron chi connectivity index (χ4n) is 1.48. The number of hydrogen-bond acceptors (Lipinski definition) is 4. The van der Waals surface area contributed by atoms with E-state index in [-0.39, 0.29) is 5.56 Å². The molecule has 2 rings (SSSR count). The van der Waals surface area contributed by atoms with Crippen molar-refractivity contribution in [3.05, 3.63) is 45.8 Å². The zero-order valence-corrected chi connectivity index (χ0v) is 11.2. The first-order valence-corrected chi connectivity index (χ1v) is 6.04. The third kappa shape index (κ3) is 2.89. The van der Waals surface area contributed by atoms with Gasteiger partial charge in [-0.3, -0.25) is 0 Å². The second-order valence-corrected chi connectivity index (χ2v) is 4.64. The fourth-order valence-corrected chi connectivity index (χ4v) is 2.00. The molecule has 2 aromatic rings. The van der Waals surface area contributed by atoms with Crippen molar-refractivity contribution >= 4 is 27.6 Å². The van der Waals surface area contributed by atoms with E-state index < -0.39 is 5.97 Å². The number of nitrogens with one attached hydrogen (secondary N) is 1. The number of aromatic nitrogens is 1. The van der Waals surface area contributed by atoms with Crippen LogP contribution in [0.15, 0.2) is 33.3 Å². The molecule has 0 saturated heterocycles. The molecular formula is C12H11BrN2O3. The number of hydrogen-bond donors (Lipinski definition) is 2. The first-order chi connectivity index (χ1) is 8.56. The summed E-state index contributed by atoms with van der Waals surface area (Å²) in [5.74, 6) is -0.193. The Morgan fingerprint density at radius 3 is 2.83 bits per heavy atom. The highest BCUT2D eigenvalue weighted by Gasteiger charge is 2.07. The van der Waals surface area contributed by atoms with Gasteiger partial charge in [-0.25, -0.2) is 4.79 Å². The van der Waals surface area contributed by atoms with Gasteiger partial charge in [-0.05, 0) is 41.1 Å². The van der Waals surface area contributed by atoms with Crippen molar-refractivity contribution < 1.29 is 14.4 Å². The number of carbonyl (C=O) groups is 1. The molecule has 0 radical (unpaired) electrons. The van der Waals surface area contributed by atoms with Gasteiger partial charge in [0.1, 0.15) is 11.5 Å². The molecule has 0 spiro atoms. The third-order valence-corrected chi connectivity index (χ3v) is 3.01. The van der Waals surface area contributed by atoms with Crippen LogP contribution in [-0.2, 0) is 6.54 Å². The Morgan fingerprint density at radius 1 is 1.50 bits per heavy atom. The molecule has 1 aromatic carbocycles. The Bertz CT molecular complexity index is 580. The lowest BCUT2D eigenvalue weighted by Crippen LogP contribution is -2.02. The number of aromatic carboxylic acids is 1. The maximum atomic E-state index is 10.8. The number of halogens is 1. The van der Waals surface area contributed by atoms with Crippen LogP contribution in [0.5, 0.6) is 0 Å². The summed E-state index contributed by atoms with van der Waals surface area (Å²) in [5, 5.41) is 15.9. The highest BCUT2D eigenvalue weighted by Crippen LogP contribution is 2.24. The number of rotatable bonds is 4. The predicted molar refractivity (Wildman–Crippen MR) is 69.7 cm³/mol. The van der Waals surface area contributed by atoms with Crippen LogP contribution in [0, 0.1) is 6.92 Å². The molecule has 6 heteroatoms. The number of benzene rings is 1. The van der Waals surface area contributed by atoms with E-state index in [9.17, 15) is 4.79 Å². The van der Waals surface area contributed by atoms with Gasteiger partial charge in [0.05, 0.1) is 12.1 Å². The van der Waals surface area contributed by atoms with E-state index in [2.05, 4.69) is 26.4 Å². The van der Waals surface area contributed by atoms with Gasteiger partial charge in [0.25, 0.3) is 0 Å². The van der Waals surface area contributed by atoms with E-state index in [1.165, 1.54) is 0 Å². The smallest absolute Gasteiger partial charge is 0.335 e. The zero-order valence-electron chi connectivity index (χ0n) is 9.61. The molecule has 0 aliphatic carbocycles. The predicted octanol–water partition coefficient (Wildman–Crippen LogP) is 3.06. The van der Waals surface area contributed by atoms with Gasteiger partial charge in [-0.2, -0.15) is 0 Å². The van der Waals surface area contributed by atoms with Crippen LogP contribution in [-0.4, -0.2) is 16.2 Å². The Morgan fingerprint density at radius 2 is 2.28 bits per heavy atom. The van der Waals surface area contributed by atoms with Gasteiger partial charge in [0.2, 0.25) is 0 Å². The van der Waals surface area contributed by atoms with Crippen molar-refractivity contribution in [1.82, 2.24) is 5.16 Å². The molecule has 2 N–H and O–H groups in total. The van der Waals surface area contributed by atoms with Gasteiger partial charge < -0.3 is 14.9 Å². The Hall–Kier alpha value is -1.82. The number of aryl methyl sites for hydroxylation is 1. The summed E-state index contributed by atoms with van der Waals surface area (Å²) >= 11 is 3.32. The van der Waals surface area contributed by atoms with Crippen LogP contribution in [0.2, 0.25) is 0 Å². The van der Waals surface area contributed by atoms with E-state index in [1.807, 2.05) is 13.0 Å². The molecule has 0 amide bonds. The second-order valence-electron chi connectivity index (χ2n) is 3.78. The van der Waals surface area contributed by atoms with Gasteiger partial charge in [0, 0.05) is 16.2 Å². The Balaban J connectivity index is 2.08. The molecule has 18 heavy (non-hydrogen) atoms. The molecular weight excluding hydrogens is 300 g/mol. The summed E-state index contributed by atoms with van der Waals surface area (Å²) in [6, 6.07) is 6.65. The summed E-state index contributed by atoms with van der Waals surface area (Å²) in [7, 11) is 0. The normalized spacial score (nSPS) is 10.3. The van der Waals surface area contributed by atoms with Crippen molar-refractivity contribution in [1.29, 1.82) is 0 Å². The van der Waals surface area contributed by atoms with Crippen LogP contribution in [0.4, 0.5) is 5.69 Å². The summed E-state index contributed by atoms with van der Waals surface area (Å²) < 4.78 is 5.65. The van der Waals surface area contributed by atoms with Crippen molar-refractivity contribution in [3.8, 4) is 0 Å². The van der Waals surface area contributed by atoms with Crippen molar-refractivity contribution in [3.63, 3.8) is 0 Å². The van der Waals surface area contributed by atoms with Crippen LogP contribution >= 0.6 is 15.9 Å². The number of anilines is 1. The molecule has 1 heterocycles. The lowest BCUT2D eigenvalue weighted by atomic mass is 10.2. The van der Waals surface area contributed by atoms with E-state index >= 15 is 0 Å². The molecule has 0 bridgehead atoms. The maximum Gasteiger partial charge on any atom is 0.335 e. The van der Waals surface area contributed by atoms with Gasteiger partial charge in [0.15, 0.2) is 0 Å². The van der Waals surface area contributed by atoms with Crippen LogP contribution in [0.1, 0.15) is 21.8 Å². The molecule has 5 nitrogen and oxygen atoms in total. The fraction of sp³-hybridized carbons (Fsp3) is 0.167. The number of carboxylic acid groups (broad SMARTS) is 1. The number of nitrogens with zero attached hydrogens (tertiary/aromatic N) is 1. The maximum absolute atomic E-state index is 10.8. The number of carboxylic acids is 1. The van der Waals surface area contributed by atoms with E-state index in [0.717, 1.165) is 17.1 Å². The van der Waals surface area contributed by atoms with E-state index in [1.54, 1.807) is 18.2 Å². The van der Waals surface area contributed by atoms with Crippen LogP contribution < -0.4 is 5.32 Å². The van der Waals surface area contributed by atoms with Crippen LogP contribution in [0.3, 0.4) is 0 Å². The minimum absolute atomic E-state index is 0.240. The topological polar surface area (TPSA) is 75.4 Å². The monoisotopic (exact) mass is 310 g/mol. The third-order valence-electron chi connectivity index (χ3n) is 2.35. The second kappa shape index (κ2) is 5.22. The highest BCUT2D eigenvalue weighted by molar-refractivity contribution is 9.10. The first kappa shape index (κ1) is 12.6. The lowest BCUT2D eigenvalue weighted by Gasteiger charge is -2.07. The molecule has 0 aliphatic rings. The zero-order chi connectivity index (χ0) is 13.1. The lowest BCUT2D eigenvalue weighted by molar-refractivity contribution is 0.0697. The largest absolute Gasteiger partial charge is 0.478 e. The van der Waals surface area contributed by atoms with Gasteiger partial charge >= 0.3 is 5.97 Å². The van der Waals surface area contributed by atoms with E-state index in [0.29, 0.717) is 11.0 Å².